The molecule has 0 radical (unpaired) electrons. The summed E-state index contributed by atoms with van der Waals surface area (Å²) in [7, 11) is 0. The van der Waals surface area contributed by atoms with Crippen LogP contribution in [0.3, 0.4) is 0 Å². The molecular formula is C12H21BrN2O. The van der Waals surface area contributed by atoms with Gasteiger partial charge in [-0.1, -0.05) is 20.8 Å². The number of rotatable bonds is 6. The van der Waals surface area contributed by atoms with Gasteiger partial charge in [-0.25, -0.2) is 0 Å². The van der Waals surface area contributed by atoms with Gasteiger partial charge in [-0.3, -0.25) is 4.68 Å². The van der Waals surface area contributed by atoms with Crippen molar-refractivity contribution in [3.63, 3.8) is 0 Å². The van der Waals surface area contributed by atoms with Gasteiger partial charge in [-0.2, -0.15) is 5.10 Å². The molecule has 1 aromatic rings. The largest absolute Gasteiger partial charge is 0.375 e. The van der Waals surface area contributed by atoms with E-state index in [0.717, 1.165) is 23.2 Å². The van der Waals surface area contributed by atoms with Crippen LogP contribution in [0.15, 0.2) is 10.7 Å². The lowest BCUT2D eigenvalue weighted by Crippen LogP contribution is -2.12. The summed E-state index contributed by atoms with van der Waals surface area (Å²) in [5.74, 6) is 0.568. The van der Waals surface area contributed by atoms with Gasteiger partial charge in [0.1, 0.15) is 0 Å². The van der Waals surface area contributed by atoms with Crippen LogP contribution in [0, 0.1) is 5.92 Å². The molecule has 1 aromatic heterocycles. The van der Waals surface area contributed by atoms with Crippen molar-refractivity contribution in [2.45, 2.75) is 46.8 Å². The van der Waals surface area contributed by atoms with Crippen LogP contribution < -0.4 is 0 Å². The highest BCUT2D eigenvalue weighted by Crippen LogP contribution is 2.22. The third-order valence-electron chi connectivity index (χ3n) is 2.55. The molecule has 0 spiro atoms. The first-order valence-corrected chi connectivity index (χ1v) is 6.65. The minimum Gasteiger partial charge on any atom is -0.375 e. The second-order valence-corrected chi connectivity index (χ2v) is 5.40. The molecule has 4 heteroatoms. The zero-order valence-corrected chi connectivity index (χ0v) is 12.1. The van der Waals surface area contributed by atoms with Crippen LogP contribution in [0.25, 0.3) is 0 Å². The molecule has 0 aliphatic carbocycles. The molecule has 0 bridgehead atoms. The molecular weight excluding hydrogens is 268 g/mol. The Labute approximate surface area is 106 Å². The van der Waals surface area contributed by atoms with Gasteiger partial charge < -0.3 is 4.74 Å². The lowest BCUT2D eigenvalue weighted by Gasteiger charge is -2.14. The van der Waals surface area contributed by atoms with E-state index in [1.165, 1.54) is 0 Å². The maximum Gasteiger partial charge on any atom is 0.0896 e. The molecule has 1 rings (SSSR count). The molecule has 1 heterocycles. The van der Waals surface area contributed by atoms with Gasteiger partial charge >= 0.3 is 0 Å². The molecule has 0 amide bonds. The second kappa shape index (κ2) is 6.40. The third-order valence-corrected chi connectivity index (χ3v) is 3.21. The number of nitrogens with zero attached hydrogens (tertiary/aromatic N) is 2. The highest BCUT2D eigenvalue weighted by molar-refractivity contribution is 9.10. The van der Waals surface area contributed by atoms with E-state index in [1.807, 2.05) is 10.9 Å². The fraction of sp³-hybridized carbons (Fsp3) is 0.750. The van der Waals surface area contributed by atoms with Crippen molar-refractivity contribution in [2.24, 2.45) is 5.92 Å². The number of aromatic nitrogens is 2. The second-order valence-electron chi connectivity index (χ2n) is 4.55. The zero-order valence-electron chi connectivity index (χ0n) is 10.5. The van der Waals surface area contributed by atoms with Crippen molar-refractivity contribution in [3.8, 4) is 0 Å². The molecule has 16 heavy (non-hydrogen) atoms. The van der Waals surface area contributed by atoms with Crippen LogP contribution in [-0.2, 0) is 11.3 Å². The van der Waals surface area contributed by atoms with E-state index in [9.17, 15) is 0 Å². The van der Waals surface area contributed by atoms with Crippen LogP contribution in [0.5, 0.6) is 0 Å². The normalized spacial score (nSPS) is 13.4. The van der Waals surface area contributed by atoms with Gasteiger partial charge in [0.25, 0.3) is 0 Å². The fourth-order valence-corrected chi connectivity index (χ4v) is 1.83. The molecule has 0 aromatic carbocycles. The zero-order chi connectivity index (χ0) is 12.1. The number of hydrogen-bond acceptors (Lipinski definition) is 2. The molecule has 0 fully saturated rings. The number of ether oxygens (including phenoxy) is 1. The molecule has 0 saturated heterocycles. The van der Waals surface area contributed by atoms with Crippen LogP contribution in [0.1, 0.15) is 45.9 Å². The monoisotopic (exact) mass is 288 g/mol. The highest BCUT2D eigenvalue weighted by Gasteiger charge is 2.13. The van der Waals surface area contributed by atoms with Gasteiger partial charge in [0.2, 0.25) is 0 Å². The van der Waals surface area contributed by atoms with Crippen molar-refractivity contribution in [1.29, 1.82) is 0 Å². The van der Waals surface area contributed by atoms with E-state index >= 15 is 0 Å². The van der Waals surface area contributed by atoms with Crippen molar-refractivity contribution in [1.82, 2.24) is 9.78 Å². The minimum absolute atomic E-state index is 0.420. The first kappa shape index (κ1) is 13.7. The van der Waals surface area contributed by atoms with E-state index in [0.29, 0.717) is 18.6 Å². The molecule has 0 aliphatic rings. The summed E-state index contributed by atoms with van der Waals surface area (Å²) in [6.45, 7) is 10.1. The van der Waals surface area contributed by atoms with E-state index in [1.54, 1.807) is 0 Å². The Bertz CT molecular complexity index is 323. The summed E-state index contributed by atoms with van der Waals surface area (Å²) >= 11 is 3.52. The van der Waals surface area contributed by atoms with Crippen LogP contribution in [-0.4, -0.2) is 16.4 Å². The van der Waals surface area contributed by atoms with Crippen LogP contribution in [0.4, 0.5) is 0 Å². The Hall–Kier alpha value is -0.350. The van der Waals surface area contributed by atoms with Crippen molar-refractivity contribution < 1.29 is 4.74 Å². The van der Waals surface area contributed by atoms with Gasteiger partial charge in [0.15, 0.2) is 0 Å². The number of halogens is 1. The predicted molar refractivity (Wildman–Crippen MR) is 69.4 cm³/mol. The van der Waals surface area contributed by atoms with Crippen molar-refractivity contribution in [3.05, 3.63) is 16.4 Å². The predicted octanol–water partition coefficient (Wildman–Crippen LogP) is 3.79. The molecule has 0 aliphatic heterocycles. The Morgan fingerprint density at radius 3 is 2.69 bits per heavy atom. The fourth-order valence-electron chi connectivity index (χ4n) is 1.45. The Morgan fingerprint density at radius 2 is 2.12 bits per heavy atom. The summed E-state index contributed by atoms with van der Waals surface area (Å²) in [4.78, 5) is 0. The van der Waals surface area contributed by atoms with Crippen LogP contribution in [0.2, 0.25) is 0 Å². The maximum atomic E-state index is 5.66. The average molecular weight is 289 g/mol. The minimum atomic E-state index is 0.420. The molecule has 0 unspecified atom stereocenters. The summed E-state index contributed by atoms with van der Waals surface area (Å²) in [5.41, 5.74) is 1.13. The Kier molecular flexibility index (Phi) is 5.49. The molecule has 92 valence electrons. The third kappa shape index (κ3) is 3.59. The van der Waals surface area contributed by atoms with Crippen LogP contribution >= 0.6 is 15.9 Å². The van der Waals surface area contributed by atoms with E-state index in [2.05, 4.69) is 48.7 Å². The highest BCUT2D eigenvalue weighted by atomic mass is 79.9. The average Bonchev–Trinajstić information content (AvgIpc) is 2.59. The number of hydrogen-bond donors (Lipinski definition) is 0. The summed E-state index contributed by atoms with van der Waals surface area (Å²) in [6, 6.07) is 0.420. The van der Waals surface area contributed by atoms with E-state index in [4.69, 9.17) is 4.74 Å². The van der Waals surface area contributed by atoms with Gasteiger partial charge in [-0.05, 0) is 35.2 Å². The van der Waals surface area contributed by atoms with E-state index in [-0.39, 0.29) is 0 Å². The van der Waals surface area contributed by atoms with Gasteiger partial charge in [0, 0.05) is 12.6 Å². The molecule has 1 atom stereocenters. The Balaban J connectivity index is 2.66. The first-order valence-electron chi connectivity index (χ1n) is 5.85. The summed E-state index contributed by atoms with van der Waals surface area (Å²) < 4.78 is 8.75. The standard InChI is InChI=1S/C12H21BrN2O/c1-5-10(4)15-12(11(13)6-14-15)8-16-7-9(2)3/h6,9-10H,5,7-8H2,1-4H3/t10-/m1/s1. The molecule has 0 N–H and O–H groups in total. The van der Waals surface area contributed by atoms with Crippen molar-refractivity contribution >= 4 is 15.9 Å². The topological polar surface area (TPSA) is 27.1 Å². The SMILES string of the molecule is CC[C@@H](C)n1ncc(Br)c1COCC(C)C. The smallest absolute Gasteiger partial charge is 0.0896 e. The van der Waals surface area contributed by atoms with Gasteiger partial charge in [0.05, 0.1) is 23.0 Å². The Morgan fingerprint density at radius 1 is 1.44 bits per heavy atom. The van der Waals surface area contributed by atoms with Gasteiger partial charge in [-0.15, -0.1) is 0 Å². The van der Waals surface area contributed by atoms with Crippen molar-refractivity contribution in [2.75, 3.05) is 6.61 Å². The summed E-state index contributed by atoms with van der Waals surface area (Å²) in [5, 5.41) is 4.37. The maximum absolute atomic E-state index is 5.66. The lowest BCUT2D eigenvalue weighted by molar-refractivity contribution is 0.0905. The molecule has 0 saturated carbocycles. The summed E-state index contributed by atoms with van der Waals surface area (Å²) in [6.07, 6.45) is 2.92. The quantitative estimate of drug-likeness (QED) is 0.796. The van der Waals surface area contributed by atoms with E-state index < -0.39 is 0 Å². The lowest BCUT2D eigenvalue weighted by atomic mass is 10.2. The molecule has 3 nitrogen and oxygen atoms in total. The first-order chi connectivity index (χ1) is 7.56.